The van der Waals surface area contributed by atoms with E-state index in [0.717, 1.165) is 0 Å². The second kappa shape index (κ2) is 5.27. The summed E-state index contributed by atoms with van der Waals surface area (Å²) in [6, 6.07) is 10.4. The summed E-state index contributed by atoms with van der Waals surface area (Å²) in [7, 11) is 1.72. The molecule has 0 radical (unpaired) electrons. The van der Waals surface area contributed by atoms with Crippen LogP contribution in [0.5, 0.6) is 0 Å². The molecule has 0 aliphatic carbocycles. The zero-order valence-corrected chi connectivity index (χ0v) is 11.9. The fourth-order valence-electron chi connectivity index (χ4n) is 1.45. The van der Waals surface area contributed by atoms with E-state index in [2.05, 4.69) is 67.6 Å². The number of hydrogen-bond acceptors (Lipinski definition) is 2. The summed E-state index contributed by atoms with van der Waals surface area (Å²) < 4.78 is 0.230. The van der Waals surface area contributed by atoms with Gasteiger partial charge in [0.05, 0.1) is 7.11 Å². The van der Waals surface area contributed by atoms with Gasteiger partial charge < -0.3 is 4.84 Å². The summed E-state index contributed by atoms with van der Waals surface area (Å²) in [5.74, 6) is 0. The maximum Gasteiger partial charge on any atom is 0.112 e. The predicted octanol–water partition coefficient (Wildman–Crippen LogP) is 3.78. The number of halogens is 1. The van der Waals surface area contributed by atoms with Gasteiger partial charge in [0.1, 0.15) is 4.05 Å². The van der Waals surface area contributed by atoms with Gasteiger partial charge in [-0.05, 0) is 26.3 Å². The van der Waals surface area contributed by atoms with Crippen LogP contribution in [0.25, 0.3) is 0 Å². The predicted molar refractivity (Wildman–Crippen MR) is 71.8 cm³/mol. The Hall–Kier alpha value is -0.130. The van der Waals surface area contributed by atoms with Crippen LogP contribution < -0.4 is 0 Å². The first kappa shape index (κ1) is 12.9. The van der Waals surface area contributed by atoms with Gasteiger partial charge in [-0.25, -0.2) is 0 Å². The van der Waals surface area contributed by atoms with E-state index in [1.165, 1.54) is 5.56 Å². The van der Waals surface area contributed by atoms with Crippen LogP contribution >= 0.6 is 22.6 Å². The van der Waals surface area contributed by atoms with Gasteiger partial charge in [0.15, 0.2) is 0 Å². The third-order valence-electron chi connectivity index (χ3n) is 2.14. The van der Waals surface area contributed by atoms with Crippen molar-refractivity contribution < 1.29 is 4.84 Å². The molecule has 0 bridgehead atoms. The molecule has 2 nitrogen and oxygen atoms in total. The van der Waals surface area contributed by atoms with E-state index in [1.54, 1.807) is 7.11 Å². The van der Waals surface area contributed by atoms with Gasteiger partial charge in [0.2, 0.25) is 0 Å². The smallest absolute Gasteiger partial charge is 0.112 e. The molecule has 0 aliphatic rings. The first-order valence-corrected chi connectivity index (χ1v) is 6.24. The number of benzene rings is 1. The standard InChI is InChI=1S/C12H18INO/c1-12(2,3)14(15-4)11(13)10-8-6-5-7-9-10/h5-9,11H,1-4H3. The second-order valence-corrected chi connectivity index (χ2v) is 5.61. The molecule has 0 aromatic heterocycles. The lowest BCUT2D eigenvalue weighted by Gasteiger charge is -2.36. The number of nitrogens with zero attached hydrogens (tertiary/aromatic N) is 1. The van der Waals surface area contributed by atoms with Crippen molar-refractivity contribution in [1.82, 2.24) is 5.06 Å². The molecule has 3 heteroatoms. The Kier molecular flexibility index (Phi) is 4.55. The van der Waals surface area contributed by atoms with Crippen molar-refractivity contribution in [1.29, 1.82) is 0 Å². The lowest BCUT2D eigenvalue weighted by Crippen LogP contribution is -2.41. The van der Waals surface area contributed by atoms with Crippen LogP contribution in [0, 0.1) is 0 Å². The van der Waals surface area contributed by atoms with E-state index in [9.17, 15) is 0 Å². The summed E-state index contributed by atoms with van der Waals surface area (Å²) >= 11 is 2.40. The molecule has 0 aliphatic heterocycles. The molecule has 1 aromatic rings. The Morgan fingerprint density at radius 1 is 1.20 bits per heavy atom. The fourth-order valence-corrected chi connectivity index (χ4v) is 2.93. The molecule has 1 rings (SSSR count). The monoisotopic (exact) mass is 319 g/mol. The van der Waals surface area contributed by atoms with Crippen molar-refractivity contribution in [3.63, 3.8) is 0 Å². The zero-order valence-electron chi connectivity index (χ0n) is 9.70. The summed E-state index contributed by atoms with van der Waals surface area (Å²) in [6.45, 7) is 6.43. The molecular weight excluding hydrogens is 301 g/mol. The van der Waals surface area contributed by atoms with E-state index < -0.39 is 0 Å². The maximum absolute atomic E-state index is 5.46. The summed E-state index contributed by atoms with van der Waals surface area (Å²) in [5.41, 5.74) is 1.26. The quantitative estimate of drug-likeness (QED) is 0.364. The lowest BCUT2D eigenvalue weighted by molar-refractivity contribution is -0.193. The first-order chi connectivity index (χ1) is 6.96. The van der Waals surface area contributed by atoms with E-state index in [1.807, 2.05) is 11.1 Å². The van der Waals surface area contributed by atoms with Crippen molar-refractivity contribution in [3.8, 4) is 0 Å². The Morgan fingerprint density at radius 3 is 2.13 bits per heavy atom. The largest absolute Gasteiger partial charge is 0.300 e. The Balaban J connectivity index is 2.88. The van der Waals surface area contributed by atoms with Crippen molar-refractivity contribution in [3.05, 3.63) is 35.9 Å². The molecule has 0 saturated heterocycles. The molecule has 0 fully saturated rings. The normalized spacial score (nSPS) is 14.3. The number of rotatable bonds is 3. The Bertz CT molecular complexity index is 294. The molecule has 1 atom stereocenters. The molecule has 0 saturated carbocycles. The van der Waals surface area contributed by atoms with E-state index >= 15 is 0 Å². The van der Waals surface area contributed by atoms with Gasteiger partial charge in [0, 0.05) is 5.54 Å². The van der Waals surface area contributed by atoms with Crippen molar-refractivity contribution in [2.24, 2.45) is 0 Å². The minimum Gasteiger partial charge on any atom is -0.300 e. The van der Waals surface area contributed by atoms with Crippen LogP contribution in [-0.2, 0) is 4.84 Å². The lowest BCUT2D eigenvalue weighted by atomic mass is 10.1. The third kappa shape index (κ3) is 3.43. The third-order valence-corrected chi connectivity index (χ3v) is 3.36. The Labute approximate surface area is 106 Å². The zero-order chi connectivity index (χ0) is 11.5. The molecule has 0 spiro atoms. The summed E-state index contributed by atoms with van der Waals surface area (Å²) in [5, 5.41) is 2.00. The van der Waals surface area contributed by atoms with Gasteiger partial charge in [-0.15, -0.1) is 0 Å². The highest BCUT2D eigenvalue weighted by atomic mass is 127. The second-order valence-electron chi connectivity index (χ2n) is 4.43. The molecule has 1 aromatic carbocycles. The topological polar surface area (TPSA) is 12.5 Å². The fraction of sp³-hybridized carbons (Fsp3) is 0.500. The number of alkyl halides is 1. The Morgan fingerprint density at radius 2 is 1.73 bits per heavy atom. The highest BCUT2D eigenvalue weighted by molar-refractivity contribution is 14.1. The van der Waals surface area contributed by atoms with E-state index in [4.69, 9.17) is 4.84 Å². The molecule has 0 heterocycles. The molecule has 15 heavy (non-hydrogen) atoms. The van der Waals surface area contributed by atoms with Gasteiger partial charge >= 0.3 is 0 Å². The average Bonchev–Trinajstić information content (AvgIpc) is 2.18. The van der Waals surface area contributed by atoms with Gasteiger partial charge in [-0.2, -0.15) is 5.06 Å². The van der Waals surface area contributed by atoms with Crippen LogP contribution in [0.4, 0.5) is 0 Å². The van der Waals surface area contributed by atoms with Crippen LogP contribution in [0.2, 0.25) is 0 Å². The molecule has 84 valence electrons. The maximum atomic E-state index is 5.46. The van der Waals surface area contributed by atoms with Crippen LogP contribution in [-0.4, -0.2) is 17.7 Å². The number of hydroxylamine groups is 2. The van der Waals surface area contributed by atoms with Gasteiger partial charge in [-0.1, -0.05) is 52.9 Å². The molecule has 0 N–H and O–H groups in total. The highest BCUT2D eigenvalue weighted by Gasteiger charge is 2.28. The van der Waals surface area contributed by atoms with Crippen LogP contribution in [0.1, 0.15) is 30.4 Å². The van der Waals surface area contributed by atoms with Crippen molar-refractivity contribution in [2.75, 3.05) is 7.11 Å². The minimum absolute atomic E-state index is 0.00352. The SMILES string of the molecule is CON(C(I)c1ccccc1)C(C)(C)C. The van der Waals surface area contributed by atoms with E-state index in [-0.39, 0.29) is 9.59 Å². The highest BCUT2D eigenvalue weighted by Crippen LogP contribution is 2.33. The minimum atomic E-state index is -0.00352. The van der Waals surface area contributed by atoms with Gasteiger partial charge in [0.25, 0.3) is 0 Å². The van der Waals surface area contributed by atoms with Crippen molar-refractivity contribution in [2.45, 2.75) is 30.4 Å². The summed E-state index contributed by atoms with van der Waals surface area (Å²) in [4.78, 5) is 5.46. The van der Waals surface area contributed by atoms with Crippen molar-refractivity contribution >= 4 is 22.6 Å². The molecule has 0 amide bonds. The summed E-state index contributed by atoms with van der Waals surface area (Å²) in [6.07, 6.45) is 0. The van der Waals surface area contributed by atoms with Crippen LogP contribution in [0.15, 0.2) is 30.3 Å². The first-order valence-electron chi connectivity index (χ1n) is 4.99. The average molecular weight is 319 g/mol. The van der Waals surface area contributed by atoms with E-state index in [0.29, 0.717) is 0 Å². The molecular formula is C12H18INO. The van der Waals surface area contributed by atoms with Crippen LogP contribution in [0.3, 0.4) is 0 Å². The number of hydrogen-bond donors (Lipinski definition) is 0. The van der Waals surface area contributed by atoms with Gasteiger partial charge in [-0.3, -0.25) is 0 Å². The molecule has 1 unspecified atom stereocenters.